The van der Waals surface area contributed by atoms with Crippen molar-refractivity contribution < 1.29 is 19.1 Å². The van der Waals surface area contributed by atoms with Crippen LogP contribution in [0.2, 0.25) is 5.02 Å². The molecule has 5 heteroatoms. The minimum atomic E-state index is -0.824. The molecule has 0 aliphatic carbocycles. The Bertz CT molecular complexity index is 692. The van der Waals surface area contributed by atoms with E-state index in [2.05, 4.69) is 0 Å². The number of hydrogen-bond acceptors (Lipinski definition) is 4. The quantitative estimate of drug-likeness (QED) is 0.559. The second-order valence-electron chi connectivity index (χ2n) is 5.35. The predicted octanol–water partition coefficient (Wildman–Crippen LogP) is 4.10. The number of ketones is 1. The fourth-order valence-corrected chi connectivity index (χ4v) is 2.32. The van der Waals surface area contributed by atoms with Crippen LogP contribution in [0.4, 0.5) is 0 Å². The van der Waals surface area contributed by atoms with Gasteiger partial charge >= 0.3 is 5.97 Å². The van der Waals surface area contributed by atoms with Crippen LogP contribution in [0.3, 0.4) is 0 Å². The largest absolute Gasteiger partial charge is 0.497 e. The first-order chi connectivity index (χ1) is 11.5. The zero-order valence-corrected chi connectivity index (χ0v) is 14.4. The van der Waals surface area contributed by atoms with Crippen LogP contribution in [0.25, 0.3) is 0 Å². The van der Waals surface area contributed by atoms with E-state index < -0.39 is 12.1 Å². The van der Waals surface area contributed by atoms with Gasteiger partial charge in [-0.2, -0.15) is 0 Å². The van der Waals surface area contributed by atoms with Gasteiger partial charge < -0.3 is 9.47 Å². The summed E-state index contributed by atoms with van der Waals surface area (Å²) < 4.78 is 10.3. The Balaban J connectivity index is 1.84. The Labute approximate surface area is 146 Å². The molecule has 0 bridgehead atoms. The number of Topliss-reactive ketones (excluding diaryl/α,β-unsaturated/α-hetero) is 1. The maximum absolute atomic E-state index is 12.2. The van der Waals surface area contributed by atoms with Crippen LogP contribution < -0.4 is 4.74 Å². The van der Waals surface area contributed by atoms with Gasteiger partial charge in [0.2, 0.25) is 5.78 Å². The molecule has 0 fully saturated rings. The van der Waals surface area contributed by atoms with Gasteiger partial charge in [-0.1, -0.05) is 23.7 Å². The molecule has 126 valence electrons. The standard InChI is InChI=1S/C19H19ClO4/c1-13(19(22)15-6-8-16(20)9-7-15)24-18(21)12-5-14-3-10-17(23-2)11-4-14/h3-4,6-11,13H,5,12H2,1-2H3. The fraction of sp³-hybridized carbons (Fsp3) is 0.263. The van der Waals surface area contributed by atoms with Gasteiger partial charge in [0.25, 0.3) is 0 Å². The smallest absolute Gasteiger partial charge is 0.306 e. The summed E-state index contributed by atoms with van der Waals surface area (Å²) in [4.78, 5) is 24.1. The molecular formula is C19H19ClO4. The summed E-state index contributed by atoms with van der Waals surface area (Å²) in [5, 5.41) is 0.552. The van der Waals surface area contributed by atoms with Gasteiger partial charge in [-0.3, -0.25) is 9.59 Å². The zero-order valence-electron chi connectivity index (χ0n) is 13.6. The Morgan fingerprint density at radius 2 is 1.67 bits per heavy atom. The lowest BCUT2D eigenvalue weighted by atomic mass is 10.1. The number of halogens is 1. The first-order valence-electron chi connectivity index (χ1n) is 7.62. The summed E-state index contributed by atoms with van der Waals surface area (Å²) in [7, 11) is 1.60. The normalized spacial score (nSPS) is 11.6. The molecule has 1 unspecified atom stereocenters. The van der Waals surface area contributed by atoms with Crippen molar-refractivity contribution in [3.8, 4) is 5.75 Å². The minimum absolute atomic E-state index is 0.213. The van der Waals surface area contributed by atoms with Crippen LogP contribution in [-0.4, -0.2) is 25.0 Å². The summed E-state index contributed by atoms with van der Waals surface area (Å²) in [5.74, 6) is 0.119. The summed E-state index contributed by atoms with van der Waals surface area (Å²) in [5.41, 5.74) is 1.47. The highest BCUT2D eigenvalue weighted by Crippen LogP contribution is 2.14. The topological polar surface area (TPSA) is 52.6 Å². The summed E-state index contributed by atoms with van der Waals surface area (Å²) in [6, 6.07) is 14.0. The number of benzene rings is 2. The van der Waals surface area contributed by atoms with Gasteiger partial charge in [0.1, 0.15) is 5.75 Å². The number of rotatable bonds is 7. The van der Waals surface area contributed by atoms with E-state index in [9.17, 15) is 9.59 Å². The van der Waals surface area contributed by atoms with Crippen LogP contribution in [0.15, 0.2) is 48.5 Å². The third-order valence-electron chi connectivity index (χ3n) is 3.58. The van der Waals surface area contributed by atoms with E-state index >= 15 is 0 Å². The number of esters is 1. The van der Waals surface area contributed by atoms with Gasteiger partial charge in [0.15, 0.2) is 6.10 Å². The number of hydrogen-bond donors (Lipinski definition) is 0. The third-order valence-corrected chi connectivity index (χ3v) is 3.84. The number of carbonyl (C=O) groups is 2. The van der Waals surface area contributed by atoms with Crippen molar-refractivity contribution in [1.29, 1.82) is 0 Å². The highest BCUT2D eigenvalue weighted by Gasteiger charge is 2.19. The maximum atomic E-state index is 12.2. The molecule has 0 N–H and O–H groups in total. The molecule has 0 spiro atoms. The van der Waals surface area contributed by atoms with Gasteiger partial charge in [0.05, 0.1) is 7.11 Å². The van der Waals surface area contributed by atoms with Crippen LogP contribution in [0, 0.1) is 0 Å². The molecule has 1 atom stereocenters. The molecular weight excluding hydrogens is 328 g/mol. The molecule has 24 heavy (non-hydrogen) atoms. The number of ether oxygens (including phenoxy) is 2. The highest BCUT2D eigenvalue weighted by molar-refractivity contribution is 6.30. The lowest BCUT2D eigenvalue weighted by Crippen LogP contribution is -2.24. The Kier molecular flexibility index (Phi) is 6.38. The van der Waals surface area contributed by atoms with Crippen molar-refractivity contribution >= 4 is 23.4 Å². The van der Waals surface area contributed by atoms with Crippen LogP contribution in [0.1, 0.15) is 29.3 Å². The van der Waals surface area contributed by atoms with Gasteiger partial charge in [-0.25, -0.2) is 0 Å². The van der Waals surface area contributed by atoms with Gasteiger partial charge in [-0.05, 0) is 55.3 Å². The Hall–Kier alpha value is -2.33. The van der Waals surface area contributed by atoms with E-state index in [1.165, 1.54) is 0 Å². The lowest BCUT2D eigenvalue weighted by molar-refractivity contribution is -0.146. The second-order valence-corrected chi connectivity index (χ2v) is 5.79. The van der Waals surface area contributed by atoms with Crippen molar-refractivity contribution in [2.75, 3.05) is 7.11 Å². The molecule has 0 saturated carbocycles. The molecule has 2 aromatic rings. The van der Waals surface area contributed by atoms with Crippen LogP contribution in [-0.2, 0) is 16.0 Å². The molecule has 0 radical (unpaired) electrons. The lowest BCUT2D eigenvalue weighted by Gasteiger charge is -2.12. The molecule has 4 nitrogen and oxygen atoms in total. The van der Waals surface area contributed by atoms with E-state index in [1.54, 1.807) is 38.3 Å². The molecule has 2 rings (SSSR count). The summed E-state index contributed by atoms with van der Waals surface area (Å²) >= 11 is 5.79. The SMILES string of the molecule is COc1ccc(CCC(=O)OC(C)C(=O)c2ccc(Cl)cc2)cc1. The number of aryl methyl sites for hydroxylation is 1. The van der Waals surface area contributed by atoms with Crippen molar-refractivity contribution in [2.24, 2.45) is 0 Å². The molecule has 0 saturated heterocycles. The zero-order chi connectivity index (χ0) is 17.5. The van der Waals surface area contributed by atoms with E-state index in [-0.39, 0.29) is 12.2 Å². The summed E-state index contributed by atoms with van der Waals surface area (Å²) in [6.45, 7) is 1.57. The van der Waals surface area contributed by atoms with E-state index in [0.29, 0.717) is 17.0 Å². The van der Waals surface area contributed by atoms with E-state index in [1.807, 2.05) is 24.3 Å². The Morgan fingerprint density at radius 1 is 1.04 bits per heavy atom. The van der Waals surface area contributed by atoms with Gasteiger partial charge in [0, 0.05) is 17.0 Å². The van der Waals surface area contributed by atoms with Crippen molar-refractivity contribution in [1.82, 2.24) is 0 Å². The molecule has 0 aliphatic heterocycles. The van der Waals surface area contributed by atoms with Crippen molar-refractivity contribution in [3.63, 3.8) is 0 Å². The molecule has 0 aromatic heterocycles. The molecule has 0 heterocycles. The molecule has 0 amide bonds. The first kappa shape index (κ1) is 18.0. The summed E-state index contributed by atoms with van der Waals surface area (Å²) in [6.07, 6.45) is -0.0653. The predicted molar refractivity (Wildman–Crippen MR) is 92.7 cm³/mol. The van der Waals surface area contributed by atoms with Crippen molar-refractivity contribution in [3.05, 3.63) is 64.7 Å². The van der Waals surface area contributed by atoms with Gasteiger partial charge in [-0.15, -0.1) is 0 Å². The maximum Gasteiger partial charge on any atom is 0.306 e. The molecule has 2 aromatic carbocycles. The first-order valence-corrected chi connectivity index (χ1v) is 7.99. The average molecular weight is 347 g/mol. The number of methoxy groups -OCH3 is 1. The van der Waals surface area contributed by atoms with Crippen LogP contribution in [0.5, 0.6) is 5.75 Å². The van der Waals surface area contributed by atoms with Crippen molar-refractivity contribution in [2.45, 2.75) is 25.9 Å². The highest BCUT2D eigenvalue weighted by atomic mass is 35.5. The Morgan fingerprint density at radius 3 is 2.25 bits per heavy atom. The van der Waals surface area contributed by atoms with Crippen LogP contribution >= 0.6 is 11.6 Å². The minimum Gasteiger partial charge on any atom is -0.497 e. The molecule has 0 aliphatic rings. The number of carbonyl (C=O) groups excluding carboxylic acids is 2. The monoisotopic (exact) mass is 346 g/mol. The average Bonchev–Trinajstić information content (AvgIpc) is 2.60. The van der Waals surface area contributed by atoms with E-state index in [4.69, 9.17) is 21.1 Å². The fourth-order valence-electron chi connectivity index (χ4n) is 2.20. The second kappa shape index (κ2) is 8.50. The van der Waals surface area contributed by atoms with E-state index in [0.717, 1.165) is 11.3 Å². The third kappa shape index (κ3) is 5.10.